The van der Waals surface area contributed by atoms with Crippen molar-refractivity contribution in [2.45, 2.75) is 13.8 Å². The number of aryl methyl sites for hydroxylation is 2. The van der Waals surface area contributed by atoms with Crippen LogP contribution in [0, 0.1) is 13.8 Å². The highest BCUT2D eigenvalue weighted by Gasteiger charge is 2.02. The van der Waals surface area contributed by atoms with Crippen LogP contribution in [0.25, 0.3) is 0 Å². The van der Waals surface area contributed by atoms with Gasteiger partial charge in [0.05, 0.1) is 5.56 Å². The average molecular weight is 170 g/mol. The number of halogens is 1. The molecule has 0 aliphatic carbocycles. The molecule has 2 nitrogen and oxygen atoms in total. The summed E-state index contributed by atoms with van der Waals surface area (Å²) in [5.74, 6) is 0. The van der Waals surface area contributed by atoms with E-state index in [0.717, 1.165) is 11.3 Å². The van der Waals surface area contributed by atoms with E-state index in [1.54, 1.807) is 6.07 Å². The Morgan fingerprint density at radius 1 is 1.55 bits per heavy atom. The molecule has 11 heavy (non-hydrogen) atoms. The number of aromatic nitrogens is 1. The standard InChI is InChI=1S/C8H8ClNO/c1-5-3-7(4-11)8(9)10-6(5)2/h3-4H,1-2H3. The largest absolute Gasteiger partial charge is 0.298 e. The van der Waals surface area contributed by atoms with Crippen LogP contribution < -0.4 is 0 Å². The van der Waals surface area contributed by atoms with E-state index in [9.17, 15) is 4.79 Å². The summed E-state index contributed by atoms with van der Waals surface area (Å²) in [7, 11) is 0. The number of rotatable bonds is 1. The van der Waals surface area contributed by atoms with Crippen molar-refractivity contribution in [3.8, 4) is 0 Å². The SMILES string of the molecule is Cc1cc(C=O)c(Cl)nc1C. The lowest BCUT2D eigenvalue weighted by Crippen LogP contribution is -1.92. The van der Waals surface area contributed by atoms with Gasteiger partial charge in [-0.05, 0) is 25.5 Å². The van der Waals surface area contributed by atoms with Gasteiger partial charge in [0.1, 0.15) is 5.15 Å². The molecule has 0 atom stereocenters. The highest BCUT2D eigenvalue weighted by Crippen LogP contribution is 2.14. The van der Waals surface area contributed by atoms with E-state index in [2.05, 4.69) is 4.98 Å². The summed E-state index contributed by atoms with van der Waals surface area (Å²) in [6.07, 6.45) is 0.710. The molecule has 58 valence electrons. The zero-order chi connectivity index (χ0) is 8.43. The Hall–Kier alpha value is -0.890. The molecule has 0 radical (unpaired) electrons. The molecule has 0 bridgehead atoms. The van der Waals surface area contributed by atoms with Gasteiger partial charge in [-0.2, -0.15) is 0 Å². The summed E-state index contributed by atoms with van der Waals surface area (Å²) in [6.45, 7) is 3.75. The Morgan fingerprint density at radius 3 is 2.73 bits per heavy atom. The Balaban J connectivity index is 3.31. The van der Waals surface area contributed by atoms with Crippen molar-refractivity contribution in [3.05, 3.63) is 28.0 Å². The van der Waals surface area contributed by atoms with Crippen molar-refractivity contribution in [1.29, 1.82) is 0 Å². The van der Waals surface area contributed by atoms with Gasteiger partial charge in [-0.1, -0.05) is 11.6 Å². The zero-order valence-electron chi connectivity index (χ0n) is 6.39. The maximum Gasteiger partial charge on any atom is 0.153 e. The third kappa shape index (κ3) is 1.57. The van der Waals surface area contributed by atoms with Crippen molar-refractivity contribution >= 4 is 17.9 Å². The predicted molar refractivity (Wildman–Crippen MR) is 44.1 cm³/mol. The van der Waals surface area contributed by atoms with Crippen molar-refractivity contribution in [2.75, 3.05) is 0 Å². The minimum Gasteiger partial charge on any atom is -0.298 e. The van der Waals surface area contributed by atoms with E-state index in [1.165, 1.54) is 0 Å². The van der Waals surface area contributed by atoms with Crippen LogP contribution in [0.15, 0.2) is 6.07 Å². The van der Waals surface area contributed by atoms with Gasteiger partial charge >= 0.3 is 0 Å². The van der Waals surface area contributed by atoms with Gasteiger partial charge in [0.25, 0.3) is 0 Å². The number of pyridine rings is 1. The molecule has 1 heterocycles. The first-order valence-electron chi connectivity index (χ1n) is 3.24. The molecule has 0 unspecified atom stereocenters. The first-order valence-corrected chi connectivity index (χ1v) is 3.62. The zero-order valence-corrected chi connectivity index (χ0v) is 7.14. The quantitative estimate of drug-likeness (QED) is 0.477. The Bertz CT molecular complexity index is 296. The van der Waals surface area contributed by atoms with Crippen LogP contribution in [-0.4, -0.2) is 11.3 Å². The molecule has 0 fully saturated rings. The summed E-state index contributed by atoms with van der Waals surface area (Å²) >= 11 is 5.66. The fourth-order valence-electron chi connectivity index (χ4n) is 0.780. The van der Waals surface area contributed by atoms with Gasteiger partial charge in [-0.3, -0.25) is 4.79 Å². The minimum atomic E-state index is 0.281. The molecule has 0 saturated carbocycles. The fraction of sp³-hybridized carbons (Fsp3) is 0.250. The van der Waals surface area contributed by atoms with Crippen molar-refractivity contribution in [2.24, 2.45) is 0 Å². The molecule has 0 aromatic carbocycles. The number of carbonyl (C=O) groups excluding carboxylic acids is 1. The smallest absolute Gasteiger partial charge is 0.153 e. The monoisotopic (exact) mass is 169 g/mol. The van der Waals surface area contributed by atoms with Gasteiger partial charge < -0.3 is 0 Å². The number of nitrogens with zero attached hydrogens (tertiary/aromatic N) is 1. The second-order valence-corrected chi connectivity index (χ2v) is 2.75. The van der Waals surface area contributed by atoms with Crippen LogP contribution in [-0.2, 0) is 0 Å². The maximum atomic E-state index is 10.4. The molecule has 0 spiro atoms. The lowest BCUT2D eigenvalue weighted by atomic mass is 10.2. The maximum absolute atomic E-state index is 10.4. The summed E-state index contributed by atoms with van der Waals surface area (Å²) in [5, 5.41) is 0.281. The molecule has 1 aromatic heterocycles. The van der Waals surface area contributed by atoms with Gasteiger partial charge in [-0.25, -0.2) is 4.98 Å². The van der Waals surface area contributed by atoms with Crippen molar-refractivity contribution in [3.63, 3.8) is 0 Å². The normalized spacial score (nSPS) is 9.73. The second-order valence-electron chi connectivity index (χ2n) is 2.39. The predicted octanol–water partition coefficient (Wildman–Crippen LogP) is 2.16. The van der Waals surface area contributed by atoms with E-state index in [0.29, 0.717) is 11.8 Å². The molecule has 3 heteroatoms. The fourth-order valence-corrected chi connectivity index (χ4v) is 1.01. The topological polar surface area (TPSA) is 30.0 Å². The summed E-state index contributed by atoms with van der Waals surface area (Å²) in [6, 6.07) is 1.73. The Morgan fingerprint density at radius 2 is 2.18 bits per heavy atom. The van der Waals surface area contributed by atoms with E-state index < -0.39 is 0 Å². The number of carbonyl (C=O) groups is 1. The van der Waals surface area contributed by atoms with E-state index in [4.69, 9.17) is 11.6 Å². The lowest BCUT2D eigenvalue weighted by molar-refractivity contribution is 0.112. The van der Waals surface area contributed by atoms with Crippen molar-refractivity contribution in [1.82, 2.24) is 4.98 Å². The van der Waals surface area contributed by atoms with E-state index in [-0.39, 0.29) is 5.15 Å². The molecule has 0 saturated heterocycles. The van der Waals surface area contributed by atoms with Crippen molar-refractivity contribution < 1.29 is 4.79 Å². The van der Waals surface area contributed by atoms with Gasteiger partial charge in [0, 0.05) is 5.69 Å². The third-order valence-electron chi connectivity index (χ3n) is 1.57. The molecule has 0 amide bonds. The van der Waals surface area contributed by atoms with E-state index >= 15 is 0 Å². The lowest BCUT2D eigenvalue weighted by Gasteiger charge is -2.00. The van der Waals surface area contributed by atoms with Crippen LogP contribution in [0.4, 0.5) is 0 Å². The number of aldehydes is 1. The number of hydrogen-bond acceptors (Lipinski definition) is 2. The highest BCUT2D eigenvalue weighted by molar-refractivity contribution is 6.31. The molecule has 0 aliphatic rings. The van der Waals surface area contributed by atoms with Crippen LogP contribution in [0.2, 0.25) is 5.15 Å². The Labute approximate surface area is 70.2 Å². The third-order valence-corrected chi connectivity index (χ3v) is 1.88. The molecule has 1 rings (SSSR count). The van der Waals surface area contributed by atoms with Gasteiger partial charge in [-0.15, -0.1) is 0 Å². The van der Waals surface area contributed by atoms with Crippen LogP contribution in [0.5, 0.6) is 0 Å². The molecule has 0 N–H and O–H groups in total. The Kier molecular flexibility index (Phi) is 2.25. The molecule has 1 aromatic rings. The molecular formula is C8H8ClNO. The van der Waals surface area contributed by atoms with Crippen LogP contribution in [0.3, 0.4) is 0 Å². The first-order chi connectivity index (χ1) is 5.15. The summed E-state index contributed by atoms with van der Waals surface area (Å²) in [5.41, 5.74) is 2.30. The second kappa shape index (κ2) is 3.01. The molecular weight excluding hydrogens is 162 g/mol. The van der Waals surface area contributed by atoms with Gasteiger partial charge in [0.2, 0.25) is 0 Å². The van der Waals surface area contributed by atoms with Crippen LogP contribution in [0.1, 0.15) is 21.6 Å². The summed E-state index contributed by atoms with van der Waals surface area (Å²) in [4.78, 5) is 14.3. The van der Waals surface area contributed by atoms with Crippen LogP contribution >= 0.6 is 11.6 Å². The molecule has 0 aliphatic heterocycles. The van der Waals surface area contributed by atoms with E-state index in [1.807, 2.05) is 13.8 Å². The highest BCUT2D eigenvalue weighted by atomic mass is 35.5. The minimum absolute atomic E-state index is 0.281. The summed E-state index contributed by atoms with van der Waals surface area (Å²) < 4.78 is 0. The van der Waals surface area contributed by atoms with Gasteiger partial charge in [0.15, 0.2) is 6.29 Å². The number of hydrogen-bond donors (Lipinski definition) is 0. The average Bonchev–Trinajstić information content (AvgIpc) is 1.97. The first kappa shape index (κ1) is 8.21.